The minimum absolute atomic E-state index is 0.966. The first kappa shape index (κ1) is 26.8. The van der Waals surface area contributed by atoms with Gasteiger partial charge in [0.2, 0.25) is 0 Å². The smallest absolute Gasteiger partial charge is 0.0709 e. The lowest BCUT2D eigenvalue weighted by atomic mass is 9.84. The van der Waals surface area contributed by atoms with Gasteiger partial charge in [-0.15, -0.1) is 0 Å². The van der Waals surface area contributed by atoms with E-state index in [2.05, 4.69) is 171 Å². The molecule has 0 radical (unpaired) electrons. The molecule has 0 saturated heterocycles. The van der Waals surface area contributed by atoms with E-state index < -0.39 is 0 Å². The molecule has 0 saturated carbocycles. The van der Waals surface area contributed by atoms with Crippen LogP contribution in [0.25, 0.3) is 77.4 Å². The molecule has 1 aromatic heterocycles. The highest BCUT2D eigenvalue weighted by Crippen LogP contribution is 2.45. The van der Waals surface area contributed by atoms with Crippen molar-refractivity contribution in [2.24, 2.45) is 0 Å². The van der Waals surface area contributed by atoms with Crippen LogP contribution in [0.3, 0.4) is 0 Å². The highest BCUT2D eigenvalue weighted by molar-refractivity contribution is 6.22. The van der Waals surface area contributed by atoms with Crippen molar-refractivity contribution >= 4 is 21.5 Å². The zero-order valence-corrected chi connectivity index (χ0v) is 25.1. The van der Waals surface area contributed by atoms with E-state index in [9.17, 15) is 0 Å². The minimum Gasteiger partial charge on any atom is -0.248 e. The highest BCUT2D eigenvalue weighted by Gasteiger charge is 2.18. The predicted octanol–water partition coefficient (Wildman–Crippen LogP) is 12.0. The van der Waals surface area contributed by atoms with Gasteiger partial charge in [0.25, 0.3) is 0 Å². The molecule has 0 aliphatic heterocycles. The molecule has 212 valence electrons. The van der Waals surface area contributed by atoms with Crippen LogP contribution in [0.15, 0.2) is 170 Å². The van der Waals surface area contributed by atoms with Crippen molar-refractivity contribution in [1.29, 1.82) is 0 Å². The molecule has 1 heterocycles. The van der Waals surface area contributed by atoms with Crippen LogP contribution in [0.5, 0.6) is 0 Å². The Morgan fingerprint density at radius 3 is 1.31 bits per heavy atom. The maximum Gasteiger partial charge on any atom is 0.0709 e. The second-order valence-electron chi connectivity index (χ2n) is 11.6. The maximum absolute atomic E-state index is 5.12. The normalized spacial score (nSPS) is 11.2. The summed E-state index contributed by atoms with van der Waals surface area (Å²) < 4.78 is 0. The summed E-state index contributed by atoms with van der Waals surface area (Å²) in [5.74, 6) is 0. The number of benzene rings is 7. The van der Waals surface area contributed by atoms with Crippen LogP contribution in [0.4, 0.5) is 0 Å². The van der Waals surface area contributed by atoms with Gasteiger partial charge in [0.15, 0.2) is 0 Å². The van der Waals surface area contributed by atoms with E-state index in [1.807, 2.05) is 6.07 Å². The van der Waals surface area contributed by atoms with Crippen LogP contribution in [-0.2, 0) is 0 Å². The number of aromatic nitrogens is 1. The van der Waals surface area contributed by atoms with Gasteiger partial charge in [-0.05, 0) is 86.1 Å². The van der Waals surface area contributed by atoms with Gasteiger partial charge >= 0.3 is 0 Å². The summed E-state index contributed by atoms with van der Waals surface area (Å²) in [5, 5.41) is 4.95. The standard InChI is InChI=1S/C44H31N/c1-30-20-22-31(23-21-30)35-24-26-37-39(28-35)43(33-14-7-3-8-15-33)38-27-25-36(29-40(38)44(37)34-16-9-4-10-17-34)42-19-11-18-41(45-42)32-12-5-2-6-13-32/h2-29H,1H3. The Bertz CT molecular complexity index is 2290. The van der Waals surface area contributed by atoms with Crippen LogP contribution in [0, 0.1) is 6.92 Å². The number of rotatable bonds is 5. The molecule has 0 fully saturated rings. The molecule has 0 spiro atoms. The third-order valence-corrected chi connectivity index (χ3v) is 8.74. The molecule has 0 amide bonds. The number of hydrogen-bond acceptors (Lipinski definition) is 1. The summed E-state index contributed by atoms with van der Waals surface area (Å²) in [6.07, 6.45) is 0. The zero-order valence-electron chi connectivity index (χ0n) is 25.1. The molecule has 45 heavy (non-hydrogen) atoms. The van der Waals surface area contributed by atoms with E-state index in [1.165, 1.54) is 60.5 Å². The van der Waals surface area contributed by atoms with E-state index in [1.54, 1.807) is 0 Å². The van der Waals surface area contributed by atoms with Crippen LogP contribution in [0.2, 0.25) is 0 Å². The fraction of sp³-hybridized carbons (Fsp3) is 0.0227. The lowest BCUT2D eigenvalue weighted by molar-refractivity contribution is 1.33. The van der Waals surface area contributed by atoms with Crippen molar-refractivity contribution < 1.29 is 0 Å². The quantitative estimate of drug-likeness (QED) is 0.187. The van der Waals surface area contributed by atoms with E-state index in [0.717, 1.165) is 22.5 Å². The number of fused-ring (bicyclic) bond motifs is 2. The molecular weight excluding hydrogens is 542 g/mol. The Morgan fingerprint density at radius 1 is 0.311 bits per heavy atom. The fourth-order valence-corrected chi connectivity index (χ4v) is 6.51. The van der Waals surface area contributed by atoms with E-state index >= 15 is 0 Å². The van der Waals surface area contributed by atoms with Gasteiger partial charge in [-0.25, -0.2) is 4.98 Å². The molecule has 1 heteroatoms. The molecule has 1 nitrogen and oxygen atoms in total. The largest absolute Gasteiger partial charge is 0.248 e. The molecular formula is C44H31N. The van der Waals surface area contributed by atoms with Gasteiger partial charge in [-0.2, -0.15) is 0 Å². The first-order valence-electron chi connectivity index (χ1n) is 15.5. The average Bonchev–Trinajstić information content (AvgIpc) is 3.11. The van der Waals surface area contributed by atoms with Crippen molar-refractivity contribution in [2.45, 2.75) is 6.92 Å². The Balaban J connectivity index is 1.44. The topological polar surface area (TPSA) is 12.9 Å². The van der Waals surface area contributed by atoms with E-state index in [0.29, 0.717) is 0 Å². The summed E-state index contributed by atoms with van der Waals surface area (Å²) >= 11 is 0. The van der Waals surface area contributed by atoms with Gasteiger partial charge in [-0.3, -0.25) is 0 Å². The Morgan fingerprint density at radius 2 is 0.756 bits per heavy atom. The van der Waals surface area contributed by atoms with E-state index in [4.69, 9.17) is 4.98 Å². The molecule has 8 rings (SSSR count). The SMILES string of the molecule is Cc1ccc(-c2ccc3c(-c4ccccc4)c4cc(-c5cccc(-c6ccccc6)n5)ccc4c(-c4ccccc4)c3c2)cc1. The zero-order chi connectivity index (χ0) is 30.2. The highest BCUT2D eigenvalue weighted by atomic mass is 14.7. The van der Waals surface area contributed by atoms with Gasteiger partial charge < -0.3 is 0 Å². The second kappa shape index (κ2) is 11.4. The summed E-state index contributed by atoms with van der Waals surface area (Å²) in [7, 11) is 0. The molecule has 7 aromatic carbocycles. The molecule has 0 aliphatic rings. The fourth-order valence-electron chi connectivity index (χ4n) is 6.51. The van der Waals surface area contributed by atoms with Crippen molar-refractivity contribution in [3.63, 3.8) is 0 Å². The monoisotopic (exact) mass is 573 g/mol. The summed E-state index contributed by atoms with van der Waals surface area (Å²) in [5.41, 5.74) is 12.8. The molecule has 0 unspecified atom stereocenters. The van der Waals surface area contributed by atoms with Crippen molar-refractivity contribution in [3.05, 3.63) is 175 Å². The minimum atomic E-state index is 0.966. The number of pyridine rings is 1. The van der Waals surface area contributed by atoms with Crippen LogP contribution in [-0.4, -0.2) is 4.98 Å². The number of nitrogens with zero attached hydrogens (tertiary/aromatic N) is 1. The van der Waals surface area contributed by atoms with Gasteiger partial charge in [-0.1, -0.05) is 151 Å². The number of aryl methyl sites for hydroxylation is 1. The lowest BCUT2D eigenvalue weighted by Gasteiger charge is -2.19. The summed E-state index contributed by atoms with van der Waals surface area (Å²) in [4.78, 5) is 5.12. The first-order valence-corrected chi connectivity index (χ1v) is 15.5. The predicted molar refractivity (Wildman–Crippen MR) is 191 cm³/mol. The third kappa shape index (κ3) is 4.99. The molecule has 0 N–H and O–H groups in total. The van der Waals surface area contributed by atoms with Crippen molar-refractivity contribution in [2.75, 3.05) is 0 Å². The van der Waals surface area contributed by atoms with Crippen LogP contribution >= 0.6 is 0 Å². The van der Waals surface area contributed by atoms with Crippen molar-refractivity contribution in [3.8, 4) is 55.9 Å². The van der Waals surface area contributed by atoms with Gasteiger partial charge in [0, 0.05) is 11.1 Å². The maximum atomic E-state index is 5.12. The van der Waals surface area contributed by atoms with Gasteiger partial charge in [0.05, 0.1) is 11.4 Å². The first-order chi connectivity index (χ1) is 22.2. The Hall–Kier alpha value is -5.79. The van der Waals surface area contributed by atoms with E-state index in [-0.39, 0.29) is 0 Å². The molecule has 8 aromatic rings. The Kier molecular flexibility index (Phi) is 6.77. The Labute approximate surface area is 264 Å². The second-order valence-corrected chi connectivity index (χ2v) is 11.6. The van der Waals surface area contributed by atoms with Crippen molar-refractivity contribution in [1.82, 2.24) is 4.98 Å². The average molecular weight is 574 g/mol. The summed E-state index contributed by atoms with van der Waals surface area (Å²) in [6.45, 7) is 2.14. The van der Waals surface area contributed by atoms with Crippen LogP contribution < -0.4 is 0 Å². The summed E-state index contributed by atoms with van der Waals surface area (Å²) in [6, 6.07) is 61.0. The molecule has 0 bridgehead atoms. The molecule has 0 aliphatic carbocycles. The van der Waals surface area contributed by atoms with Crippen LogP contribution in [0.1, 0.15) is 5.56 Å². The number of hydrogen-bond donors (Lipinski definition) is 0. The van der Waals surface area contributed by atoms with Gasteiger partial charge in [0.1, 0.15) is 0 Å². The molecule has 0 atom stereocenters. The lowest BCUT2D eigenvalue weighted by Crippen LogP contribution is -1.93. The third-order valence-electron chi connectivity index (χ3n) is 8.74.